The van der Waals surface area contributed by atoms with Crippen molar-refractivity contribution < 1.29 is 14.4 Å². The number of hydrazone groups is 1. The number of halogens is 1. The maximum atomic E-state index is 11.3. The lowest BCUT2D eigenvalue weighted by molar-refractivity contribution is -0.118. The Labute approximate surface area is 99.2 Å². The topological polar surface area (TPSA) is 103 Å². The van der Waals surface area contributed by atoms with Crippen LogP contribution in [-0.2, 0) is 9.59 Å². The first kappa shape index (κ1) is 12.3. The van der Waals surface area contributed by atoms with E-state index >= 15 is 0 Å². The van der Waals surface area contributed by atoms with Crippen LogP contribution in [-0.4, -0.2) is 40.3 Å². The molecular formula is C8H7BrN4O3. The summed E-state index contributed by atoms with van der Waals surface area (Å²) in [6.45, 7) is -0.201. The summed E-state index contributed by atoms with van der Waals surface area (Å²) in [4.78, 5) is 32.4. The Kier molecular flexibility index (Phi) is 4.13. The molecule has 16 heavy (non-hydrogen) atoms. The van der Waals surface area contributed by atoms with Crippen molar-refractivity contribution in [3.05, 3.63) is 0 Å². The number of amides is 3. The number of alkyl halides is 1. The quantitative estimate of drug-likeness (QED) is 0.438. The molecule has 7 nitrogen and oxygen atoms in total. The van der Waals surface area contributed by atoms with Crippen LogP contribution in [0, 0.1) is 11.3 Å². The number of carbonyl (C=O) groups excluding carboxylic acids is 3. The highest BCUT2D eigenvalue weighted by Crippen LogP contribution is 2.05. The highest BCUT2D eigenvalue weighted by Gasteiger charge is 2.26. The molecule has 1 atom stereocenters. The van der Waals surface area contributed by atoms with Gasteiger partial charge in [-0.2, -0.15) is 10.4 Å². The van der Waals surface area contributed by atoms with Crippen LogP contribution in [0.1, 0.15) is 6.42 Å². The van der Waals surface area contributed by atoms with Gasteiger partial charge in [0.1, 0.15) is 6.54 Å². The van der Waals surface area contributed by atoms with Crippen molar-refractivity contribution in [2.45, 2.75) is 11.2 Å². The third kappa shape index (κ3) is 3.13. The number of nitriles is 1. The van der Waals surface area contributed by atoms with Crippen LogP contribution in [0.15, 0.2) is 5.10 Å². The molecule has 0 aliphatic carbocycles. The highest BCUT2D eigenvalue weighted by molar-refractivity contribution is 9.10. The Morgan fingerprint density at radius 1 is 1.75 bits per heavy atom. The average molecular weight is 287 g/mol. The van der Waals surface area contributed by atoms with Crippen LogP contribution >= 0.6 is 15.9 Å². The normalized spacial score (nSPS) is 17.4. The van der Waals surface area contributed by atoms with Gasteiger partial charge >= 0.3 is 6.03 Å². The number of imide groups is 1. The molecule has 1 aliphatic rings. The molecule has 0 spiro atoms. The van der Waals surface area contributed by atoms with E-state index in [-0.39, 0.29) is 13.0 Å². The summed E-state index contributed by atoms with van der Waals surface area (Å²) in [7, 11) is 0. The fraction of sp³-hybridized carbons (Fsp3) is 0.375. The third-order valence-electron chi connectivity index (χ3n) is 1.68. The summed E-state index contributed by atoms with van der Waals surface area (Å²) in [5.74, 6) is -0.907. The maximum Gasteiger partial charge on any atom is 0.344 e. The van der Waals surface area contributed by atoms with Crippen molar-refractivity contribution in [1.82, 2.24) is 10.3 Å². The van der Waals surface area contributed by atoms with Gasteiger partial charge in [-0.05, 0) is 0 Å². The van der Waals surface area contributed by atoms with E-state index in [0.717, 1.165) is 11.2 Å². The Morgan fingerprint density at radius 2 is 2.44 bits per heavy atom. The number of Topliss-reactive ketones (excluding diaryl/α,β-unsaturated/α-hetero) is 1. The lowest BCUT2D eigenvalue weighted by Crippen LogP contribution is -2.25. The number of ketones is 1. The van der Waals surface area contributed by atoms with Gasteiger partial charge < -0.3 is 0 Å². The first-order valence-electron chi connectivity index (χ1n) is 4.24. The van der Waals surface area contributed by atoms with Gasteiger partial charge in [-0.15, -0.1) is 0 Å². The van der Waals surface area contributed by atoms with Gasteiger partial charge in [0.2, 0.25) is 5.91 Å². The Balaban J connectivity index is 2.54. The van der Waals surface area contributed by atoms with Crippen LogP contribution < -0.4 is 5.32 Å². The number of carbonyl (C=O) groups is 3. The minimum Gasteiger partial charge on any atom is -0.292 e. The molecule has 1 saturated heterocycles. The Hall–Kier alpha value is -1.75. The van der Waals surface area contributed by atoms with Crippen LogP contribution in [0.4, 0.5) is 4.79 Å². The summed E-state index contributed by atoms with van der Waals surface area (Å²) >= 11 is 2.99. The van der Waals surface area contributed by atoms with Crippen molar-refractivity contribution in [3.63, 3.8) is 0 Å². The van der Waals surface area contributed by atoms with E-state index in [0.29, 0.717) is 0 Å². The Bertz CT molecular complexity index is 401. The van der Waals surface area contributed by atoms with Gasteiger partial charge in [0.05, 0.1) is 23.5 Å². The van der Waals surface area contributed by atoms with Gasteiger partial charge in [-0.3, -0.25) is 14.9 Å². The summed E-state index contributed by atoms with van der Waals surface area (Å²) in [5.41, 5.74) is 0. The van der Waals surface area contributed by atoms with Crippen LogP contribution in [0.3, 0.4) is 0 Å². The van der Waals surface area contributed by atoms with E-state index < -0.39 is 22.5 Å². The number of rotatable bonds is 4. The van der Waals surface area contributed by atoms with Crippen molar-refractivity contribution in [1.29, 1.82) is 5.26 Å². The second kappa shape index (κ2) is 5.37. The molecule has 1 N–H and O–H groups in total. The van der Waals surface area contributed by atoms with Gasteiger partial charge in [0.25, 0.3) is 0 Å². The van der Waals surface area contributed by atoms with E-state index in [9.17, 15) is 14.4 Å². The van der Waals surface area contributed by atoms with Crippen molar-refractivity contribution in [2.24, 2.45) is 5.10 Å². The molecule has 1 unspecified atom stereocenters. The molecule has 1 rings (SSSR count). The third-order valence-corrected chi connectivity index (χ3v) is 2.45. The fourth-order valence-corrected chi connectivity index (χ4v) is 1.18. The second-order valence-corrected chi connectivity index (χ2v) is 3.99. The molecule has 0 aromatic rings. The molecule has 0 aromatic heterocycles. The number of urea groups is 1. The molecule has 0 saturated carbocycles. The lowest BCUT2D eigenvalue weighted by Gasteiger charge is -2.04. The van der Waals surface area contributed by atoms with E-state index in [1.165, 1.54) is 0 Å². The molecule has 0 bridgehead atoms. The minimum atomic E-state index is -0.666. The number of nitrogens with one attached hydrogen (secondary N) is 1. The molecule has 84 valence electrons. The number of hydrogen-bond donors (Lipinski definition) is 1. The second-order valence-electron chi connectivity index (χ2n) is 2.89. The van der Waals surface area contributed by atoms with E-state index in [4.69, 9.17) is 5.26 Å². The summed E-state index contributed by atoms with van der Waals surface area (Å²) in [6, 6.07) is 1.15. The highest BCUT2D eigenvalue weighted by atomic mass is 79.9. The minimum absolute atomic E-state index is 0.00990. The van der Waals surface area contributed by atoms with E-state index in [1.54, 1.807) is 0 Å². The molecule has 0 radical (unpaired) electrons. The largest absolute Gasteiger partial charge is 0.344 e. The first-order chi connectivity index (χ1) is 7.54. The number of hydrogen-bond acceptors (Lipinski definition) is 5. The number of nitrogens with zero attached hydrogens (tertiary/aromatic N) is 3. The zero-order valence-electron chi connectivity index (χ0n) is 8.01. The maximum absolute atomic E-state index is 11.3. The molecule has 1 aliphatic heterocycles. The fourth-order valence-electron chi connectivity index (χ4n) is 0.913. The molecule has 0 aromatic carbocycles. The average Bonchev–Trinajstić information content (AvgIpc) is 2.54. The molecular weight excluding hydrogens is 280 g/mol. The zero-order chi connectivity index (χ0) is 12.1. The summed E-state index contributed by atoms with van der Waals surface area (Å²) in [6.07, 6.45) is 0.922. The van der Waals surface area contributed by atoms with Crippen molar-refractivity contribution in [2.75, 3.05) is 6.54 Å². The molecule has 8 heteroatoms. The smallest absolute Gasteiger partial charge is 0.292 e. The van der Waals surface area contributed by atoms with Crippen molar-refractivity contribution >= 4 is 39.9 Å². The Morgan fingerprint density at radius 3 is 2.94 bits per heavy atom. The monoisotopic (exact) mass is 286 g/mol. The van der Waals surface area contributed by atoms with Gasteiger partial charge in [0, 0.05) is 0 Å². The summed E-state index contributed by atoms with van der Waals surface area (Å²) in [5, 5.41) is 14.7. The first-order valence-corrected chi connectivity index (χ1v) is 5.16. The molecule has 1 fully saturated rings. The SMILES string of the molecule is N#CCC(Br)C(=O)/C=N/N1CC(=O)NC1=O. The van der Waals surface area contributed by atoms with E-state index in [1.807, 2.05) is 11.4 Å². The molecule has 3 amide bonds. The van der Waals surface area contributed by atoms with Crippen LogP contribution in [0.2, 0.25) is 0 Å². The predicted octanol–water partition coefficient (Wildman–Crippen LogP) is -0.230. The molecule has 1 heterocycles. The van der Waals surface area contributed by atoms with Gasteiger partial charge in [0.15, 0.2) is 5.78 Å². The zero-order valence-corrected chi connectivity index (χ0v) is 9.60. The van der Waals surface area contributed by atoms with Crippen LogP contribution in [0.25, 0.3) is 0 Å². The predicted molar refractivity (Wildman–Crippen MR) is 56.7 cm³/mol. The van der Waals surface area contributed by atoms with Gasteiger partial charge in [-0.1, -0.05) is 15.9 Å². The lowest BCUT2D eigenvalue weighted by atomic mass is 10.2. The summed E-state index contributed by atoms with van der Waals surface area (Å²) < 4.78 is 0. The van der Waals surface area contributed by atoms with Crippen molar-refractivity contribution in [3.8, 4) is 6.07 Å². The van der Waals surface area contributed by atoms with E-state index in [2.05, 4.69) is 21.0 Å². The van der Waals surface area contributed by atoms with Crippen LogP contribution in [0.5, 0.6) is 0 Å². The van der Waals surface area contributed by atoms with Gasteiger partial charge in [-0.25, -0.2) is 9.80 Å². The standard InChI is InChI=1S/C8H7BrN4O3/c9-5(1-2-10)6(14)3-11-13-4-7(15)12-8(13)16/h3,5H,1,4H2,(H,12,15,16)/b11-3+.